The highest BCUT2D eigenvalue weighted by Gasteiger charge is 2.29. The van der Waals surface area contributed by atoms with Crippen LogP contribution in [0.4, 0.5) is 0 Å². The zero-order valence-electron chi connectivity index (χ0n) is 12.5. The van der Waals surface area contributed by atoms with E-state index in [9.17, 15) is 5.11 Å². The smallest absolute Gasteiger partial charge is 0.137 e. The minimum atomic E-state index is -0.676. The first kappa shape index (κ1) is 15.2. The summed E-state index contributed by atoms with van der Waals surface area (Å²) in [7, 11) is 0. The lowest BCUT2D eigenvalue weighted by Crippen LogP contribution is -2.47. The lowest BCUT2D eigenvalue weighted by molar-refractivity contribution is -0.0962. The van der Waals surface area contributed by atoms with Crippen molar-refractivity contribution in [3.8, 4) is 5.75 Å². The summed E-state index contributed by atoms with van der Waals surface area (Å²) >= 11 is 0. The van der Waals surface area contributed by atoms with Gasteiger partial charge >= 0.3 is 0 Å². The van der Waals surface area contributed by atoms with Crippen LogP contribution in [-0.4, -0.2) is 53.4 Å². The van der Waals surface area contributed by atoms with E-state index in [0.717, 1.165) is 18.7 Å². The second-order valence-corrected chi connectivity index (χ2v) is 5.33. The second-order valence-electron chi connectivity index (χ2n) is 5.33. The molecule has 0 aliphatic carbocycles. The van der Waals surface area contributed by atoms with Crippen molar-refractivity contribution in [1.29, 1.82) is 0 Å². The number of aliphatic hydroxyl groups is 1. The number of nitrogens with zero attached hydrogens (tertiary/aromatic N) is 2. The Balaban J connectivity index is 2.06. The van der Waals surface area contributed by atoms with E-state index in [4.69, 9.17) is 9.47 Å². The van der Waals surface area contributed by atoms with Crippen molar-refractivity contribution < 1.29 is 14.6 Å². The third-order valence-electron chi connectivity index (χ3n) is 3.59. The molecular formula is C15H24N2O3. The third kappa shape index (κ3) is 3.69. The van der Waals surface area contributed by atoms with Gasteiger partial charge in [-0.2, -0.15) is 0 Å². The number of rotatable bonds is 5. The Bertz CT molecular complexity index is 425. The Labute approximate surface area is 120 Å². The van der Waals surface area contributed by atoms with E-state index in [1.807, 2.05) is 13.0 Å². The van der Waals surface area contributed by atoms with Crippen LogP contribution in [0.15, 0.2) is 18.5 Å². The van der Waals surface area contributed by atoms with Crippen LogP contribution in [0, 0.1) is 0 Å². The molecule has 1 aromatic rings. The molecule has 1 aliphatic rings. The quantitative estimate of drug-likeness (QED) is 0.888. The molecule has 0 saturated carbocycles. The fourth-order valence-corrected chi connectivity index (χ4v) is 2.41. The molecule has 112 valence electrons. The van der Waals surface area contributed by atoms with E-state index in [1.165, 1.54) is 0 Å². The molecule has 0 radical (unpaired) electrons. The fraction of sp³-hybridized carbons (Fsp3) is 0.667. The topological polar surface area (TPSA) is 54.8 Å². The molecule has 2 heterocycles. The lowest BCUT2D eigenvalue weighted by atomic mass is 10.0. The van der Waals surface area contributed by atoms with Gasteiger partial charge in [-0.3, -0.25) is 9.88 Å². The van der Waals surface area contributed by atoms with Gasteiger partial charge in [0, 0.05) is 30.9 Å². The SMILES string of the molecule is CCOc1cncc(C(O)C2CN(C(C)C)CCO2)c1. The standard InChI is InChI=1S/C15H24N2O3/c1-4-19-13-7-12(8-16-9-13)15(18)14-10-17(11(2)3)5-6-20-14/h7-9,11,14-15,18H,4-6,10H2,1-3H3. The number of ether oxygens (including phenoxy) is 2. The van der Waals surface area contributed by atoms with E-state index < -0.39 is 6.10 Å². The van der Waals surface area contributed by atoms with Gasteiger partial charge in [0.15, 0.2) is 0 Å². The van der Waals surface area contributed by atoms with Crippen molar-refractivity contribution in [3.63, 3.8) is 0 Å². The van der Waals surface area contributed by atoms with E-state index in [-0.39, 0.29) is 6.10 Å². The molecule has 1 N–H and O–H groups in total. The maximum atomic E-state index is 10.5. The summed E-state index contributed by atoms with van der Waals surface area (Å²) in [6.45, 7) is 9.13. The van der Waals surface area contributed by atoms with Gasteiger partial charge in [-0.1, -0.05) is 0 Å². The molecule has 5 nitrogen and oxygen atoms in total. The maximum Gasteiger partial charge on any atom is 0.137 e. The van der Waals surface area contributed by atoms with Crippen molar-refractivity contribution >= 4 is 0 Å². The van der Waals surface area contributed by atoms with Gasteiger partial charge in [0.1, 0.15) is 18.0 Å². The Hall–Kier alpha value is -1.17. The van der Waals surface area contributed by atoms with E-state index >= 15 is 0 Å². The molecular weight excluding hydrogens is 256 g/mol. The molecule has 0 aromatic carbocycles. The van der Waals surface area contributed by atoms with Crippen molar-refractivity contribution in [3.05, 3.63) is 24.0 Å². The van der Waals surface area contributed by atoms with E-state index in [2.05, 4.69) is 23.7 Å². The molecule has 0 amide bonds. The van der Waals surface area contributed by atoms with Crippen molar-refractivity contribution in [2.75, 3.05) is 26.3 Å². The van der Waals surface area contributed by atoms with Crippen LogP contribution in [0.1, 0.15) is 32.4 Å². The van der Waals surface area contributed by atoms with Gasteiger partial charge in [0.2, 0.25) is 0 Å². The molecule has 2 rings (SSSR count). The van der Waals surface area contributed by atoms with Gasteiger partial charge in [0.25, 0.3) is 0 Å². The zero-order chi connectivity index (χ0) is 14.5. The molecule has 1 aromatic heterocycles. The van der Waals surface area contributed by atoms with Gasteiger partial charge in [-0.25, -0.2) is 0 Å². The molecule has 0 bridgehead atoms. The third-order valence-corrected chi connectivity index (χ3v) is 3.59. The summed E-state index contributed by atoms with van der Waals surface area (Å²) in [5, 5.41) is 10.5. The highest BCUT2D eigenvalue weighted by Crippen LogP contribution is 2.25. The summed E-state index contributed by atoms with van der Waals surface area (Å²) in [6.07, 6.45) is 2.43. The summed E-state index contributed by atoms with van der Waals surface area (Å²) in [5.41, 5.74) is 0.742. The van der Waals surface area contributed by atoms with Gasteiger partial charge in [0.05, 0.1) is 19.4 Å². The van der Waals surface area contributed by atoms with Gasteiger partial charge in [-0.15, -0.1) is 0 Å². The molecule has 2 atom stereocenters. The summed E-state index contributed by atoms with van der Waals surface area (Å²) in [5.74, 6) is 0.681. The van der Waals surface area contributed by atoms with Crippen LogP contribution in [0.25, 0.3) is 0 Å². The normalized spacial score (nSPS) is 21.9. The summed E-state index contributed by atoms with van der Waals surface area (Å²) in [4.78, 5) is 6.44. The Morgan fingerprint density at radius 3 is 3.00 bits per heavy atom. The van der Waals surface area contributed by atoms with Gasteiger partial charge < -0.3 is 14.6 Å². The number of hydrogen-bond donors (Lipinski definition) is 1. The largest absolute Gasteiger partial charge is 0.492 e. The summed E-state index contributed by atoms with van der Waals surface area (Å²) < 4.78 is 11.1. The monoisotopic (exact) mass is 280 g/mol. The van der Waals surface area contributed by atoms with Crippen LogP contribution in [0.5, 0.6) is 5.75 Å². The summed E-state index contributed by atoms with van der Waals surface area (Å²) in [6, 6.07) is 2.29. The molecule has 0 spiro atoms. The van der Waals surface area contributed by atoms with E-state index in [1.54, 1.807) is 12.4 Å². The van der Waals surface area contributed by atoms with Crippen molar-refractivity contribution in [2.24, 2.45) is 0 Å². The molecule has 20 heavy (non-hydrogen) atoms. The second kappa shape index (κ2) is 7.02. The number of morpholine rings is 1. The number of aliphatic hydroxyl groups excluding tert-OH is 1. The average molecular weight is 280 g/mol. The fourth-order valence-electron chi connectivity index (χ4n) is 2.41. The highest BCUT2D eigenvalue weighted by molar-refractivity contribution is 5.26. The van der Waals surface area contributed by atoms with E-state index in [0.29, 0.717) is 25.0 Å². The molecule has 1 aliphatic heterocycles. The van der Waals surface area contributed by atoms with Crippen LogP contribution >= 0.6 is 0 Å². The number of aromatic nitrogens is 1. The van der Waals surface area contributed by atoms with Crippen LogP contribution < -0.4 is 4.74 Å². The first-order valence-corrected chi connectivity index (χ1v) is 7.23. The first-order chi connectivity index (χ1) is 9.61. The predicted octanol–water partition coefficient (Wildman–Crippen LogP) is 1.62. The van der Waals surface area contributed by atoms with Crippen LogP contribution in [0.3, 0.4) is 0 Å². The maximum absolute atomic E-state index is 10.5. The first-order valence-electron chi connectivity index (χ1n) is 7.23. The average Bonchev–Trinajstić information content (AvgIpc) is 2.47. The highest BCUT2D eigenvalue weighted by atomic mass is 16.5. The Morgan fingerprint density at radius 2 is 2.30 bits per heavy atom. The van der Waals surface area contributed by atoms with Crippen LogP contribution in [-0.2, 0) is 4.74 Å². The zero-order valence-corrected chi connectivity index (χ0v) is 12.5. The Morgan fingerprint density at radius 1 is 1.50 bits per heavy atom. The molecule has 1 fully saturated rings. The molecule has 5 heteroatoms. The van der Waals surface area contributed by atoms with Gasteiger partial charge in [-0.05, 0) is 26.8 Å². The van der Waals surface area contributed by atoms with Crippen LogP contribution in [0.2, 0.25) is 0 Å². The lowest BCUT2D eigenvalue weighted by Gasteiger charge is -2.37. The number of hydrogen-bond acceptors (Lipinski definition) is 5. The minimum absolute atomic E-state index is 0.218. The molecule has 1 saturated heterocycles. The molecule has 2 unspecified atom stereocenters. The minimum Gasteiger partial charge on any atom is -0.492 e. The van der Waals surface area contributed by atoms with Crippen molar-refractivity contribution in [1.82, 2.24) is 9.88 Å². The Kier molecular flexibility index (Phi) is 5.34. The predicted molar refractivity (Wildman–Crippen MR) is 76.8 cm³/mol. The van der Waals surface area contributed by atoms with Crippen molar-refractivity contribution in [2.45, 2.75) is 39.0 Å². The number of pyridine rings is 1.